The van der Waals surface area contributed by atoms with Gasteiger partial charge in [0.2, 0.25) is 0 Å². The highest BCUT2D eigenvalue weighted by molar-refractivity contribution is 5.40. The Hall–Kier alpha value is -1.06. The lowest BCUT2D eigenvalue weighted by Gasteiger charge is -2.26. The fraction of sp³-hybridized carbons (Fsp3) is 0.571. The fourth-order valence-electron chi connectivity index (χ4n) is 2.52. The topological polar surface area (TPSA) is 38.5 Å². The normalized spacial score (nSPS) is 24.4. The van der Waals surface area contributed by atoms with E-state index in [1.165, 1.54) is 5.56 Å². The van der Waals surface area contributed by atoms with Gasteiger partial charge in [-0.3, -0.25) is 0 Å². The van der Waals surface area contributed by atoms with Crippen molar-refractivity contribution in [1.29, 1.82) is 0 Å². The predicted octanol–water partition coefficient (Wildman–Crippen LogP) is 1.92. The minimum absolute atomic E-state index is 0.362. The number of ether oxygens (including phenoxy) is 1. The second-order valence-corrected chi connectivity index (χ2v) is 4.91. The van der Waals surface area contributed by atoms with Crippen LogP contribution >= 0.6 is 0 Å². The monoisotopic (exact) mass is 234 g/mol. The van der Waals surface area contributed by atoms with Crippen LogP contribution in [0.4, 0.5) is 5.69 Å². The molecule has 1 saturated heterocycles. The molecule has 3 heteroatoms. The summed E-state index contributed by atoms with van der Waals surface area (Å²) in [5, 5.41) is 0. The maximum absolute atomic E-state index is 5.78. The average Bonchev–Trinajstić information content (AvgIpc) is 2.72. The fourth-order valence-corrected chi connectivity index (χ4v) is 2.52. The summed E-state index contributed by atoms with van der Waals surface area (Å²) in [6.07, 6.45) is 2.56. The van der Waals surface area contributed by atoms with Crippen molar-refractivity contribution in [1.82, 2.24) is 4.90 Å². The molecule has 1 heterocycles. The molecule has 3 nitrogen and oxygen atoms in total. The lowest BCUT2D eigenvalue weighted by atomic mass is 10.1. The third-order valence-electron chi connectivity index (χ3n) is 3.61. The first kappa shape index (κ1) is 12.4. The molecule has 0 bridgehead atoms. The van der Waals surface area contributed by atoms with Crippen molar-refractivity contribution in [2.45, 2.75) is 31.9 Å². The number of nitrogen functional groups attached to an aromatic ring is 1. The maximum Gasteiger partial charge on any atom is 0.0702 e. The molecule has 17 heavy (non-hydrogen) atoms. The van der Waals surface area contributed by atoms with Crippen LogP contribution < -0.4 is 5.73 Å². The Balaban J connectivity index is 1.85. The molecule has 0 amide bonds. The average molecular weight is 234 g/mol. The van der Waals surface area contributed by atoms with Crippen molar-refractivity contribution in [2.75, 3.05) is 25.9 Å². The smallest absolute Gasteiger partial charge is 0.0702 e. The second kappa shape index (κ2) is 5.52. The molecule has 0 aromatic heterocycles. The van der Waals surface area contributed by atoms with Gasteiger partial charge in [-0.15, -0.1) is 0 Å². The summed E-state index contributed by atoms with van der Waals surface area (Å²) >= 11 is 0. The van der Waals surface area contributed by atoms with E-state index < -0.39 is 0 Å². The molecule has 2 rings (SSSR count). The van der Waals surface area contributed by atoms with Gasteiger partial charge in [-0.05, 0) is 44.5 Å². The standard InChI is InChI=1S/C14H22N2O/c1-11-14(7-9-17-11)16(2)8-6-12-4-3-5-13(15)10-12/h3-5,10-11,14H,6-9,15H2,1-2H3. The summed E-state index contributed by atoms with van der Waals surface area (Å²) in [5.41, 5.74) is 7.93. The van der Waals surface area contributed by atoms with Gasteiger partial charge in [0.15, 0.2) is 0 Å². The van der Waals surface area contributed by atoms with Crippen LogP contribution in [0.15, 0.2) is 24.3 Å². The molecule has 94 valence electrons. The predicted molar refractivity (Wildman–Crippen MR) is 71.0 cm³/mol. The molecule has 0 saturated carbocycles. The van der Waals surface area contributed by atoms with Crippen molar-refractivity contribution < 1.29 is 4.74 Å². The molecule has 2 atom stereocenters. The zero-order valence-electron chi connectivity index (χ0n) is 10.7. The minimum atomic E-state index is 0.362. The van der Waals surface area contributed by atoms with E-state index in [2.05, 4.69) is 31.0 Å². The van der Waals surface area contributed by atoms with Crippen LogP contribution in [0, 0.1) is 0 Å². The molecular weight excluding hydrogens is 212 g/mol. The Morgan fingerprint density at radius 1 is 1.47 bits per heavy atom. The van der Waals surface area contributed by atoms with Gasteiger partial charge in [-0.2, -0.15) is 0 Å². The zero-order chi connectivity index (χ0) is 12.3. The van der Waals surface area contributed by atoms with Crippen LogP contribution in [0.1, 0.15) is 18.9 Å². The zero-order valence-corrected chi connectivity index (χ0v) is 10.7. The van der Waals surface area contributed by atoms with Crippen LogP contribution in [-0.4, -0.2) is 37.2 Å². The van der Waals surface area contributed by atoms with E-state index in [4.69, 9.17) is 10.5 Å². The third-order valence-corrected chi connectivity index (χ3v) is 3.61. The van der Waals surface area contributed by atoms with Crippen molar-refractivity contribution in [3.63, 3.8) is 0 Å². The number of hydrogen-bond donors (Lipinski definition) is 1. The molecule has 2 N–H and O–H groups in total. The molecule has 0 aliphatic carbocycles. The van der Waals surface area contributed by atoms with Crippen molar-refractivity contribution >= 4 is 5.69 Å². The maximum atomic E-state index is 5.78. The Morgan fingerprint density at radius 3 is 2.94 bits per heavy atom. The summed E-state index contributed by atoms with van der Waals surface area (Å²) in [6, 6.07) is 8.71. The van der Waals surface area contributed by atoms with Gasteiger partial charge in [0, 0.05) is 24.9 Å². The highest BCUT2D eigenvalue weighted by Gasteiger charge is 2.27. The quantitative estimate of drug-likeness (QED) is 0.809. The van der Waals surface area contributed by atoms with Crippen molar-refractivity contribution in [2.24, 2.45) is 0 Å². The molecule has 1 aliphatic rings. The van der Waals surface area contributed by atoms with E-state index in [1.807, 2.05) is 12.1 Å². The van der Waals surface area contributed by atoms with E-state index in [-0.39, 0.29) is 0 Å². The van der Waals surface area contributed by atoms with Gasteiger partial charge >= 0.3 is 0 Å². The molecule has 0 spiro atoms. The van der Waals surface area contributed by atoms with Gasteiger partial charge in [-0.1, -0.05) is 12.1 Å². The van der Waals surface area contributed by atoms with Gasteiger partial charge in [-0.25, -0.2) is 0 Å². The first-order valence-electron chi connectivity index (χ1n) is 6.33. The van der Waals surface area contributed by atoms with Crippen LogP contribution in [0.5, 0.6) is 0 Å². The Labute approximate surface area is 104 Å². The first-order chi connectivity index (χ1) is 8.16. The summed E-state index contributed by atoms with van der Waals surface area (Å²) in [7, 11) is 2.18. The minimum Gasteiger partial charge on any atom is -0.399 e. The van der Waals surface area contributed by atoms with E-state index in [1.54, 1.807) is 0 Å². The van der Waals surface area contributed by atoms with Crippen LogP contribution in [0.2, 0.25) is 0 Å². The highest BCUT2D eigenvalue weighted by atomic mass is 16.5. The van der Waals surface area contributed by atoms with Crippen molar-refractivity contribution in [3.8, 4) is 0 Å². The van der Waals surface area contributed by atoms with Crippen molar-refractivity contribution in [3.05, 3.63) is 29.8 Å². The van der Waals surface area contributed by atoms with Gasteiger partial charge in [0.05, 0.1) is 6.10 Å². The summed E-state index contributed by atoms with van der Waals surface area (Å²) in [5.74, 6) is 0. The molecule has 1 aliphatic heterocycles. The highest BCUT2D eigenvalue weighted by Crippen LogP contribution is 2.18. The molecule has 1 fully saturated rings. The van der Waals surface area contributed by atoms with Crippen LogP contribution in [0.3, 0.4) is 0 Å². The molecule has 1 aromatic rings. The molecule has 0 radical (unpaired) electrons. The number of nitrogens with zero attached hydrogens (tertiary/aromatic N) is 1. The lowest BCUT2D eigenvalue weighted by molar-refractivity contribution is 0.0841. The number of anilines is 1. The van der Waals surface area contributed by atoms with E-state index in [0.717, 1.165) is 31.7 Å². The Morgan fingerprint density at radius 2 is 2.29 bits per heavy atom. The van der Waals surface area contributed by atoms with Gasteiger partial charge in [0.1, 0.15) is 0 Å². The summed E-state index contributed by atoms with van der Waals surface area (Å²) in [6.45, 7) is 4.12. The molecule has 2 unspecified atom stereocenters. The molecular formula is C14H22N2O. The number of likely N-dealkylation sites (N-methyl/N-ethyl adjacent to an activating group) is 1. The first-order valence-corrected chi connectivity index (χ1v) is 6.33. The van der Waals surface area contributed by atoms with Crippen LogP contribution in [0.25, 0.3) is 0 Å². The number of benzene rings is 1. The number of hydrogen-bond acceptors (Lipinski definition) is 3. The third kappa shape index (κ3) is 3.20. The summed E-state index contributed by atoms with van der Waals surface area (Å²) < 4.78 is 5.60. The van der Waals surface area contributed by atoms with E-state index in [9.17, 15) is 0 Å². The van der Waals surface area contributed by atoms with Gasteiger partial charge in [0.25, 0.3) is 0 Å². The van der Waals surface area contributed by atoms with E-state index >= 15 is 0 Å². The second-order valence-electron chi connectivity index (χ2n) is 4.91. The number of nitrogens with two attached hydrogens (primary N) is 1. The number of rotatable bonds is 4. The summed E-state index contributed by atoms with van der Waals surface area (Å²) in [4.78, 5) is 2.40. The van der Waals surface area contributed by atoms with E-state index in [0.29, 0.717) is 12.1 Å². The largest absolute Gasteiger partial charge is 0.399 e. The molecule has 1 aromatic carbocycles. The van der Waals surface area contributed by atoms with Gasteiger partial charge < -0.3 is 15.4 Å². The SMILES string of the molecule is CC1OCCC1N(C)CCc1cccc(N)c1. The van der Waals surface area contributed by atoms with Crippen LogP contribution in [-0.2, 0) is 11.2 Å². The lowest BCUT2D eigenvalue weighted by Crippen LogP contribution is -2.37. The Bertz CT molecular complexity index is 367. The Kier molecular flexibility index (Phi) is 4.02.